The number of hydrogen-bond acceptors (Lipinski definition) is 4. The summed E-state index contributed by atoms with van der Waals surface area (Å²) in [4.78, 5) is -0.400. The first-order valence-corrected chi connectivity index (χ1v) is 8.00. The van der Waals surface area contributed by atoms with Crippen LogP contribution in [0.5, 0.6) is 0 Å². The molecule has 0 saturated heterocycles. The van der Waals surface area contributed by atoms with Gasteiger partial charge in [0, 0.05) is 12.5 Å². The van der Waals surface area contributed by atoms with E-state index in [1.807, 2.05) is 0 Å². The number of aliphatic hydroxyl groups is 1. The summed E-state index contributed by atoms with van der Waals surface area (Å²) in [5.74, 6) is -3.42. The first-order chi connectivity index (χ1) is 9.43. The zero-order chi connectivity index (χ0) is 14.8. The quantitative estimate of drug-likeness (QED) is 0.875. The number of nitrogens with one attached hydrogen (secondary N) is 1. The molecular formula is C13H17F2NO3S. The lowest BCUT2D eigenvalue weighted by atomic mass is 10.1. The van der Waals surface area contributed by atoms with E-state index in [0.717, 1.165) is 25.3 Å². The number of para-hydroxylation sites is 1. The van der Waals surface area contributed by atoms with Crippen molar-refractivity contribution in [3.8, 4) is 0 Å². The van der Waals surface area contributed by atoms with Crippen molar-refractivity contribution in [2.24, 2.45) is 5.92 Å². The van der Waals surface area contributed by atoms with Crippen LogP contribution in [0.4, 0.5) is 14.5 Å². The van der Waals surface area contributed by atoms with Gasteiger partial charge in [-0.15, -0.1) is 0 Å². The second-order valence-electron chi connectivity index (χ2n) is 4.94. The summed E-state index contributed by atoms with van der Waals surface area (Å²) in [6, 6.07) is 5.61. The molecule has 0 aliphatic heterocycles. The molecule has 1 aromatic rings. The molecule has 0 bridgehead atoms. The minimum atomic E-state index is -4.63. The molecule has 1 aliphatic carbocycles. The predicted molar refractivity (Wildman–Crippen MR) is 71.5 cm³/mol. The third-order valence-corrected chi connectivity index (χ3v) is 5.04. The summed E-state index contributed by atoms with van der Waals surface area (Å²) in [7, 11) is -4.63. The van der Waals surface area contributed by atoms with Gasteiger partial charge in [-0.2, -0.15) is 8.78 Å². The minimum Gasteiger partial charge on any atom is -0.393 e. The maximum absolute atomic E-state index is 12.6. The van der Waals surface area contributed by atoms with E-state index in [2.05, 4.69) is 5.32 Å². The largest absolute Gasteiger partial charge is 0.393 e. The number of sulfone groups is 1. The zero-order valence-corrected chi connectivity index (χ0v) is 11.6. The molecule has 7 heteroatoms. The number of halogens is 2. The second kappa shape index (κ2) is 6.05. The van der Waals surface area contributed by atoms with E-state index in [4.69, 9.17) is 0 Å². The monoisotopic (exact) mass is 305 g/mol. The van der Waals surface area contributed by atoms with Crippen LogP contribution >= 0.6 is 0 Å². The Bertz CT molecular complexity index is 562. The normalized spacial score (nSPS) is 23.2. The Balaban J connectivity index is 2.16. The van der Waals surface area contributed by atoms with Gasteiger partial charge in [0.15, 0.2) is 0 Å². The van der Waals surface area contributed by atoms with Crippen LogP contribution in [-0.4, -0.2) is 31.9 Å². The van der Waals surface area contributed by atoms with Crippen LogP contribution in [0.25, 0.3) is 0 Å². The Kier molecular flexibility index (Phi) is 4.59. The maximum Gasteiger partial charge on any atom is 0.341 e. The number of benzene rings is 1. The zero-order valence-electron chi connectivity index (χ0n) is 10.8. The van der Waals surface area contributed by atoms with Gasteiger partial charge in [0.25, 0.3) is 0 Å². The Morgan fingerprint density at radius 3 is 2.60 bits per heavy atom. The van der Waals surface area contributed by atoms with Crippen molar-refractivity contribution in [3.63, 3.8) is 0 Å². The molecule has 20 heavy (non-hydrogen) atoms. The topological polar surface area (TPSA) is 66.4 Å². The Labute approximate surface area is 116 Å². The fraction of sp³-hybridized carbons (Fsp3) is 0.538. The van der Waals surface area contributed by atoms with Crippen molar-refractivity contribution in [3.05, 3.63) is 24.3 Å². The first-order valence-electron chi connectivity index (χ1n) is 6.46. The lowest BCUT2D eigenvalue weighted by molar-refractivity contribution is 0.138. The number of anilines is 1. The van der Waals surface area contributed by atoms with Crippen LogP contribution in [0.15, 0.2) is 29.2 Å². The number of rotatable bonds is 5. The average molecular weight is 305 g/mol. The molecule has 0 amide bonds. The van der Waals surface area contributed by atoms with Crippen LogP contribution in [0, 0.1) is 5.92 Å². The fourth-order valence-corrected chi connectivity index (χ4v) is 3.36. The lowest BCUT2D eigenvalue weighted by Gasteiger charge is -2.17. The Morgan fingerprint density at radius 2 is 2.00 bits per heavy atom. The average Bonchev–Trinajstić information content (AvgIpc) is 2.82. The molecule has 1 fully saturated rings. The van der Waals surface area contributed by atoms with Gasteiger partial charge in [-0.05, 0) is 25.0 Å². The molecule has 0 heterocycles. The fourth-order valence-electron chi connectivity index (χ4n) is 2.45. The van der Waals surface area contributed by atoms with E-state index < -0.39 is 26.6 Å². The van der Waals surface area contributed by atoms with Gasteiger partial charge in [0.05, 0.1) is 16.7 Å². The van der Waals surface area contributed by atoms with Crippen LogP contribution < -0.4 is 5.32 Å². The van der Waals surface area contributed by atoms with E-state index in [-0.39, 0.29) is 11.6 Å². The summed E-state index contributed by atoms with van der Waals surface area (Å²) >= 11 is 0. The molecule has 2 unspecified atom stereocenters. The first kappa shape index (κ1) is 15.2. The highest BCUT2D eigenvalue weighted by Gasteiger charge is 2.30. The smallest absolute Gasteiger partial charge is 0.341 e. The summed E-state index contributed by atoms with van der Waals surface area (Å²) in [6.07, 6.45) is 2.08. The molecule has 4 nitrogen and oxygen atoms in total. The van der Waals surface area contributed by atoms with Crippen LogP contribution in [0.2, 0.25) is 0 Å². The van der Waals surface area contributed by atoms with E-state index in [0.29, 0.717) is 6.54 Å². The molecule has 2 rings (SSSR count). The Morgan fingerprint density at radius 1 is 1.30 bits per heavy atom. The highest BCUT2D eigenvalue weighted by Crippen LogP contribution is 2.29. The number of aliphatic hydroxyl groups excluding tert-OH is 1. The predicted octanol–water partition coefficient (Wildman–Crippen LogP) is 2.26. The van der Waals surface area contributed by atoms with Crippen molar-refractivity contribution in [1.29, 1.82) is 0 Å². The maximum atomic E-state index is 12.6. The molecular weight excluding hydrogens is 288 g/mol. The molecule has 0 radical (unpaired) electrons. The molecule has 112 valence electrons. The van der Waals surface area contributed by atoms with Gasteiger partial charge >= 0.3 is 5.76 Å². The third-order valence-electron chi connectivity index (χ3n) is 3.60. The molecule has 1 saturated carbocycles. The van der Waals surface area contributed by atoms with Crippen molar-refractivity contribution < 1.29 is 22.3 Å². The van der Waals surface area contributed by atoms with Crippen molar-refractivity contribution in [1.82, 2.24) is 0 Å². The Hall–Kier alpha value is -1.21. The molecule has 1 aromatic carbocycles. The number of alkyl halides is 2. The lowest BCUT2D eigenvalue weighted by Crippen LogP contribution is -2.23. The molecule has 0 spiro atoms. The summed E-state index contributed by atoms with van der Waals surface area (Å²) in [6.45, 7) is 0.372. The molecule has 2 N–H and O–H groups in total. The van der Waals surface area contributed by atoms with Crippen molar-refractivity contribution in [2.75, 3.05) is 11.9 Å². The van der Waals surface area contributed by atoms with Crippen molar-refractivity contribution in [2.45, 2.75) is 36.0 Å². The van der Waals surface area contributed by atoms with E-state index in [1.165, 1.54) is 12.1 Å². The molecule has 1 aliphatic rings. The van der Waals surface area contributed by atoms with Crippen molar-refractivity contribution >= 4 is 15.5 Å². The standard InChI is InChI=1S/C13H17F2NO3S/c14-13(15)20(18,19)12-7-2-1-5-10(12)16-8-9-4-3-6-11(9)17/h1-2,5,7,9,11,13,16-17H,3-4,6,8H2. The minimum absolute atomic E-state index is 0.0253. The van der Waals surface area contributed by atoms with Crippen LogP contribution in [-0.2, 0) is 9.84 Å². The van der Waals surface area contributed by atoms with E-state index >= 15 is 0 Å². The SMILES string of the molecule is O=S(=O)(c1ccccc1NCC1CCCC1O)C(F)F. The summed E-state index contributed by atoms with van der Waals surface area (Å²) in [5.41, 5.74) is 0.159. The van der Waals surface area contributed by atoms with Gasteiger partial charge in [0.1, 0.15) is 0 Å². The van der Waals surface area contributed by atoms with Gasteiger partial charge in [-0.3, -0.25) is 0 Å². The van der Waals surface area contributed by atoms with Gasteiger partial charge in [0.2, 0.25) is 9.84 Å². The number of hydrogen-bond donors (Lipinski definition) is 2. The van der Waals surface area contributed by atoms with Crippen LogP contribution in [0.1, 0.15) is 19.3 Å². The van der Waals surface area contributed by atoms with E-state index in [9.17, 15) is 22.3 Å². The second-order valence-corrected chi connectivity index (χ2v) is 6.83. The third kappa shape index (κ3) is 3.09. The molecule has 2 atom stereocenters. The highest BCUT2D eigenvalue weighted by molar-refractivity contribution is 7.91. The van der Waals surface area contributed by atoms with Gasteiger partial charge in [-0.1, -0.05) is 18.6 Å². The van der Waals surface area contributed by atoms with Gasteiger partial charge in [-0.25, -0.2) is 8.42 Å². The molecule has 0 aromatic heterocycles. The highest BCUT2D eigenvalue weighted by atomic mass is 32.2. The summed E-state index contributed by atoms with van der Waals surface area (Å²) < 4.78 is 48.4. The van der Waals surface area contributed by atoms with E-state index in [1.54, 1.807) is 6.07 Å². The van der Waals surface area contributed by atoms with Gasteiger partial charge < -0.3 is 10.4 Å². The van der Waals surface area contributed by atoms with Crippen LogP contribution in [0.3, 0.4) is 0 Å². The summed E-state index contributed by atoms with van der Waals surface area (Å²) in [5, 5.41) is 12.6.